The summed E-state index contributed by atoms with van der Waals surface area (Å²) in [6.45, 7) is 3.82. The second-order valence-electron chi connectivity index (χ2n) is 3.90. The Morgan fingerprint density at radius 2 is 2.00 bits per heavy atom. The summed E-state index contributed by atoms with van der Waals surface area (Å²) >= 11 is 7.41. The van der Waals surface area contributed by atoms with Gasteiger partial charge in [-0.3, -0.25) is 0 Å². The lowest BCUT2D eigenvalue weighted by molar-refractivity contribution is -0.108. The molecule has 0 N–H and O–H groups in total. The summed E-state index contributed by atoms with van der Waals surface area (Å²) < 4.78 is 0. The zero-order valence-corrected chi connectivity index (χ0v) is 11.2. The third kappa shape index (κ3) is 2.56. The lowest BCUT2D eigenvalue weighted by Crippen LogP contribution is -1.92. The Hall–Kier alpha value is -1.19. The molecule has 0 radical (unpaired) electrons. The van der Waals surface area contributed by atoms with E-state index in [2.05, 4.69) is 4.98 Å². The van der Waals surface area contributed by atoms with Crippen molar-refractivity contribution in [2.45, 2.75) is 19.8 Å². The van der Waals surface area contributed by atoms with Crippen LogP contribution in [0.4, 0.5) is 0 Å². The van der Waals surface area contributed by atoms with Gasteiger partial charge in [-0.2, -0.15) is 0 Å². The van der Waals surface area contributed by atoms with Crippen molar-refractivity contribution < 1.29 is 4.79 Å². The number of benzene rings is 1. The fraction of sp³-hybridized carbons (Fsp3) is 0.231. The van der Waals surface area contributed by atoms with Crippen LogP contribution in [0.15, 0.2) is 24.3 Å². The summed E-state index contributed by atoms with van der Waals surface area (Å²) in [6.07, 6.45) is 0.951. The minimum atomic E-state index is -0.0893. The molecular formula is C13H12ClNOS. The summed E-state index contributed by atoms with van der Waals surface area (Å²) in [4.78, 5) is 16.3. The lowest BCUT2D eigenvalue weighted by atomic mass is 10.1. The van der Waals surface area contributed by atoms with Gasteiger partial charge in [0, 0.05) is 21.4 Å². The average molecular weight is 266 g/mol. The summed E-state index contributed by atoms with van der Waals surface area (Å²) in [5.41, 5.74) is 1.96. The molecule has 4 heteroatoms. The van der Waals surface area contributed by atoms with Crippen LogP contribution in [0, 0.1) is 6.92 Å². The Bertz CT molecular complexity index is 533. The fourth-order valence-electron chi connectivity index (χ4n) is 1.61. The molecule has 17 heavy (non-hydrogen) atoms. The number of rotatable bonds is 3. The standard InChI is InChI=1S/C13H12ClNOS/c1-8(7-16)12-9(2)15-13(17-12)10-3-5-11(14)6-4-10/h3-8H,1-2H3. The van der Waals surface area contributed by atoms with Crippen LogP contribution < -0.4 is 0 Å². The van der Waals surface area contributed by atoms with Gasteiger partial charge in [-0.25, -0.2) is 4.98 Å². The van der Waals surface area contributed by atoms with Gasteiger partial charge in [0.15, 0.2) is 0 Å². The highest BCUT2D eigenvalue weighted by molar-refractivity contribution is 7.15. The van der Waals surface area contributed by atoms with Crippen LogP contribution >= 0.6 is 22.9 Å². The van der Waals surface area contributed by atoms with Gasteiger partial charge in [-0.1, -0.05) is 30.7 Å². The molecule has 0 fully saturated rings. The molecule has 0 aliphatic carbocycles. The quantitative estimate of drug-likeness (QED) is 0.783. The smallest absolute Gasteiger partial charge is 0.128 e. The van der Waals surface area contributed by atoms with Crippen molar-refractivity contribution in [1.82, 2.24) is 4.98 Å². The number of aryl methyl sites for hydroxylation is 1. The zero-order chi connectivity index (χ0) is 12.4. The minimum absolute atomic E-state index is 0.0893. The van der Waals surface area contributed by atoms with Gasteiger partial charge >= 0.3 is 0 Å². The van der Waals surface area contributed by atoms with E-state index in [1.807, 2.05) is 38.1 Å². The van der Waals surface area contributed by atoms with Crippen molar-refractivity contribution in [2.75, 3.05) is 0 Å². The summed E-state index contributed by atoms with van der Waals surface area (Å²) in [7, 11) is 0. The number of hydrogen-bond acceptors (Lipinski definition) is 3. The number of hydrogen-bond donors (Lipinski definition) is 0. The van der Waals surface area contributed by atoms with Crippen LogP contribution in [0.5, 0.6) is 0 Å². The van der Waals surface area contributed by atoms with Gasteiger partial charge in [0.1, 0.15) is 11.3 Å². The van der Waals surface area contributed by atoms with Gasteiger partial charge in [0.2, 0.25) is 0 Å². The molecule has 2 aromatic rings. The second-order valence-corrected chi connectivity index (χ2v) is 5.37. The molecule has 0 saturated heterocycles. The van der Waals surface area contributed by atoms with Crippen LogP contribution in [0.3, 0.4) is 0 Å². The molecule has 2 nitrogen and oxygen atoms in total. The monoisotopic (exact) mass is 265 g/mol. The van der Waals surface area contributed by atoms with E-state index in [4.69, 9.17) is 11.6 Å². The van der Waals surface area contributed by atoms with Crippen LogP contribution in [0.2, 0.25) is 5.02 Å². The zero-order valence-electron chi connectivity index (χ0n) is 9.61. The Morgan fingerprint density at radius 1 is 1.35 bits per heavy atom. The third-order valence-electron chi connectivity index (χ3n) is 2.54. The first kappa shape index (κ1) is 12.3. The maximum Gasteiger partial charge on any atom is 0.128 e. The number of aldehydes is 1. The molecule has 1 atom stereocenters. The van der Waals surface area contributed by atoms with E-state index in [1.54, 1.807) is 11.3 Å². The maximum atomic E-state index is 10.8. The molecule has 0 spiro atoms. The highest BCUT2D eigenvalue weighted by Crippen LogP contribution is 2.32. The van der Waals surface area contributed by atoms with E-state index in [9.17, 15) is 4.79 Å². The molecule has 0 bridgehead atoms. The number of aromatic nitrogens is 1. The van der Waals surface area contributed by atoms with E-state index in [-0.39, 0.29) is 5.92 Å². The highest BCUT2D eigenvalue weighted by atomic mass is 35.5. The van der Waals surface area contributed by atoms with Crippen molar-refractivity contribution in [1.29, 1.82) is 0 Å². The molecule has 1 aromatic carbocycles. The molecule has 0 saturated carbocycles. The van der Waals surface area contributed by atoms with Gasteiger partial charge < -0.3 is 4.79 Å². The van der Waals surface area contributed by atoms with Crippen LogP contribution in [0.1, 0.15) is 23.4 Å². The number of carbonyl (C=O) groups is 1. The van der Waals surface area contributed by atoms with E-state index >= 15 is 0 Å². The number of halogens is 1. The topological polar surface area (TPSA) is 30.0 Å². The van der Waals surface area contributed by atoms with Gasteiger partial charge in [0.05, 0.1) is 5.69 Å². The van der Waals surface area contributed by atoms with Crippen LogP contribution in [0.25, 0.3) is 10.6 Å². The van der Waals surface area contributed by atoms with Gasteiger partial charge in [-0.05, 0) is 19.1 Å². The SMILES string of the molecule is Cc1nc(-c2ccc(Cl)cc2)sc1C(C)C=O. The summed E-state index contributed by atoms with van der Waals surface area (Å²) in [5.74, 6) is -0.0893. The first-order valence-electron chi connectivity index (χ1n) is 5.30. The number of thiazole rings is 1. The van der Waals surface area contributed by atoms with Crippen molar-refractivity contribution in [3.05, 3.63) is 39.9 Å². The normalized spacial score (nSPS) is 12.4. The van der Waals surface area contributed by atoms with Crippen LogP contribution in [-0.2, 0) is 4.79 Å². The minimum Gasteiger partial charge on any atom is -0.303 e. The summed E-state index contributed by atoms with van der Waals surface area (Å²) in [6, 6.07) is 7.57. The second kappa shape index (κ2) is 4.98. The Labute approximate surface area is 109 Å². The largest absolute Gasteiger partial charge is 0.303 e. The molecule has 1 aromatic heterocycles. The first-order valence-corrected chi connectivity index (χ1v) is 6.50. The van der Waals surface area contributed by atoms with E-state index in [1.165, 1.54) is 0 Å². The predicted octanol–water partition coefficient (Wildman–Crippen LogP) is 4.07. The van der Waals surface area contributed by atoms with Crippen molar-refractivity contribution in [3.63, 3.8) is 0 Å². The molecular weight excluding hydrogens is 254 g/mol. The van der Waals surface area contributed by atoms with Gasteiger partial charge in [0.25, 0.3) is 0 Å². The van der Waals surface area contributed by atoms with Crippen molar-refractivity contribution >= 4 is 29.2 Å². The molecule has 1 unspecified atom stereocenters. The van der Waals surface area contributed by atoms with Crippen molar-refractivity contribution in [2.24, 2.45) is 0 Å². The molecule has 0 aliphatic rings. The van der Waals surface area contributed by atoms with E-state index in [0.29, 0.717) is 5.02 Å². The highest BCUT2D eigenvalue weighted by Gasteiger charge is 2.14. The number of nitrogens with zero attached hydrogens (tertiary/aromatic N) is 1. The first-order chi connectivity index (χ1) is 8.11. The average Bonchev–Trinajstić information content (AvgIpc) is 2.71. The molecule has 0 aliphatic heterocycles. The number of carbonyl (C=O) groups excluding carboxylic acids is 1. The lowest BCUT2D eigenvalue weighted by Gasteiger charge is -1.98. The Morgan fingerprint density at radius 3 is 2.59 bits per heavy atom. The summed E-state index contributed by atoms with van der Waals surface area (Å²) in [5, 5.41) is 1.64. The molecule has 2 rings (SSSR count). The molecule has 88 valence electrons. The molecule has 1 heterocycles. The van der Waals surface area contributed by atoms with E-state index in [0.717, 1.165) is 27.4 Å². The Balaban J connectivity index is 2.40. The Kier molecular flexibility index (Phi) is 3.60. The van der Waals surface area contributed by atoms with E-state index < -0.39 is 0 Å². The maximum absolute atomic E-state index is 10.8. The van der Waals surface area contributed by atoms with Crippen LogP contribution in [-0.4, -0.2) is 11.3 Å². The van der Waals surface area contributed by atoms with Crippen molar-refractivity contribution in [3.8, 4) is 10.6 Å². The fourth-order valence-corrected chi connectivity index (χ4v) is 2.81. The molecule has 0 amide bonds. The third-order valence-corrected chi connectivity index (χ3v) is 4.20. The predicted molar refractivity (Wildman–Crippen MR) is 71.8 cm³/mol. The van der Waals surface area contributed by atoms with Gasteiger partial charge in [-0.15, -0.1) is 11.3 Å².